The second-order valence-corrected chi connectivity index (χ2v) is 8.91. The molecule has 0 saturated carbocycles. The number of aryl methyl sites for hydroxylation is 1. The molecule has 1 heterocycles. The van der Waals surface area contributed by atoms with Gasteiger partial charge in [-0.1, -0.05) is 43.0 Å². The lowest BCUT2D eigenvalue weighted by Gasteiger charge is -2.23. The number of nitrogens with one attached hydrogen (secondary N) is 1. The molecule has 2 atom stereocenters. The highest BCUT2D eigenvalue weighted by atomic mass is 32.2. The Hall–Kier alpha value is -1.59. The van der Waals surface area contributed by atoms with E-state index in [1.165, 1.54) is 35.2 Å². The number of hydrogen-bond acceptors (Lipinski definition) is 5. The maximum absolute atomic E-state index is 9.83. The van der Waals surface area contributed by atoms with Crippen LogP contribution in [0.1, 0.15) is 49.1 Å². The van der Waals surface area contributed by atoms with E-state index in [-0.39, 0.29) is 11.4 Å². The Morgan fingerprint density at radius 2 is 1.77 bits per heavy atom. The fourth-order valence-electron chi connectivity index (χ4n) is 3.86. The van der Waals surface area contributed by atoms with Crippen LogP contribution in [-0.2, 0) is 25.7 Å². The Kier molecular flexibility index (Phi) is 5.18. The minimum atomic E-state index is -0.375. The van der Waals surface area contributed by atoms with E-state index in [0.29, 0.717) is 6.04 Å². The Bertz CT molecular complexity index is 768. The van der Waals surface area contributed by atoms with E-state index < -0.39 is 0 Å². The molecule has 4 nitrogen and oxygen atoms in total. The predicted molar refractivity (Wildman–Crippen MR) is 107 cm³/mol. The number of aromatic nitrogens is 2. The lowest BCUT2D eigenvalue weighted by molar-refractivity contribution is 0.196. The molecular formula is C21H27N3OS. The van der Waals surface area contributed by atoms with Gasteiger partial charge in [-0.3, -0.25) is 0 Å². The largest absolute Gasteiger partial charge is 0.392 e. The van der Waals surface area contributed by atoms with Crippen LogP contribution in [0.4, 0.5) is 5.82 Å². The summed E-state index contributed by atoms with van der Waals surface area (Å²) in [6, 6.07) is 9.12. The third-order valence-corrected chi connectivity index (χ3v) is 6.68. The maximum Gasteiger partial charge on any atom is 0.190 e. The second kappa shape index (κ2) is 7.57. The summed E-state index contributed by atoms with van der Waals surface area (Å²) in [5, 5.41) is 14.4. The Labute approximate surface area is 159 Å². The van der Waals surface area contributed by atoms with Gasteiger partial charge in [0.2, 0.25) is 0 Å². The van der Waals surface area contributed by atoms with Gasteiger partial charge in [0.25, 0.3) is 0 Å². The van der Waals surface area contributed by atoms with Gasteiger partial charge in [0.05, 0.1) is 11.8 Å². The van der Waals surface area contributed by atoms with Crippen LogP contribution in [0.5, 0.6) is 0 Å². The van der Waals surface area contributed by atoms with Gasteiger partial charge in [0, 0.05) is 16.9 Å². The Morgan fingerprint density at radius 3 is 2.46 bits per heavy atom. The Morgan fingerprint density at radius 1 is 1.08 bits per heavy atom. The van der Waals surface area contributed by atoms with Crippen LogP contribution in [0.15, 0.2) is 29.4 Å². The van der Waals surface area contributed by atoms with E-state index in [1.807, 2.05) is 13.8 Å². The van der Waals surface area contributed by atoms with Crippen LogP contribution in [0, 0.1) is 0 Å². The molecular weight excluding hydrogens is 342 g/mol. The summed E-state index contributed by atoms with van der Waals surface area (Å²) < 4.78 is 0. The van der Waals surface area contributed by atoms with Crippen LogP contribution < -0.4 is 5.32 Å². The van der Waals surface area contributed by atoms with Crippen LogP contribution in [0.25, 0.3) is 0 Å². The summed E-state index contributed by atoms with van der Waals surface area (Å²) in [7, 11) is 0. The summed E-state index contributed by atoms with van der Waals surface area (Å²) in [5.74, 6) is 1.02. The molecule has 26 heavy (non-hydrogen) atoms. The van der Waals surface area contributed by atoms with Crippen molar-refractivity contribution in [2.24, 2.45) is 0 Å². The van der Waals surface area contributed by atoms with E-state index in [0.717, 1.165) is 36.7 Å². The maximum atomic E-state index is 9.83. The van der Waals surface area contributed by atoms with E-state index in [1.54, 1.807) is 11.8 Å². The van der Waals surface area contributed by atoms with Gasteiger partial charge in [-0.2, -0.15) is 0 Å². The number of aliphatic hydroxyl groups excluding tert-OH is 1. The lowest BCUT2D eigenvalue weighted by Crippen LogP contribution is -2.23. The van der Waals surface area contributed by atoms with Crippen LogP contribution in [-0.4, -0.2) is 32.5 Å². The molecule has 0 spiro atoms. The average Bonchev–Trinajstić information content (AvgIpc) is 3.04. The third kappa shape index (κ3) is 3.74. The highest BCUT2D eigenvalue weighted by Gasteiger charge is 2.25. The zero-order valence-electron chi connectivity index (χ0n) is 15.5. The minimum absolute atomic E-state index is 0.0835. The number of hydrogen-bond donors (Lipinski definition) is 2. The highest BCUT2D eigenvalue weighted by Crippen LogP contribution is 2.32. The number of aliphatic hydroxyl groups is 1. The second-order valence-electron chi connectivity index (χ2n) is 7.57. The van der Waals surface area contributed by atoms with Gasteiger partial charge in [-0.25, -0.2) is 9.97 Å². The average molecular weight is 370 g/mol. The molecule has 2 N–H and O–H groups in total. The standard InChI is InChI=1S/C21H27N3OS/c1-13(25)14(2)26-21-23-19-10-6-5-9-18(19)20(24-21)22-17-11-15-7-3-4-8-16(15)12-17/h3-4,7-8,13-14,17,25H,5-6,9-12H2,1-2H3,(H,22,23,24). The minimum Gasteiger partial charge on any atom is -0.392 e. The molecule has 2 aliphatic carbocycles. The van der Waals surface area contributed by atoms with Crippen molar-refractivity contribution in [2.45, 2.75) is 74.9 Å². The first-order valence-corrected chi connectivity index (χ1v) is 10.6. The van der Waals surface area contributed by atoms with Crippen molar-refractivity contribution in [1.29, 1.82) is 0 Å². The molecule has 0 bridgehead atoms. The number of fused-ring (bicyclic) bond motifs is 2. The van der Waals surface area contributed by atoms with Gasteiger partial charge in [0.1, 0.15) is 5.82 Å². The molecule has 0 radical (unpaired) electrons. The summed E-state index contributed by atoms with van der Waals surface area (Å²) in [6.45, 7) is 3.85. The number of nitrogens with zero attached hydrogens (tertiary/aromatic N) is 2. The number of rotatable bonds is 5. The summed E-state index contributed by atoms with van der Waals surface area (Å²) in [6.07, 6.45) is 6.26. The molecule has 2 aliphatic rings. The fraction of sp³-hybridized carbons (Fsp3) is 0.524. The molecule has 0 fully saturated rings. The molecule has 1 aromatic carbocycles. The van der Waals surface area contributed by atoms with Gasteiger partial charge in [-0.05, 0) is 56.6 Å². The molecule has 2 aromatic rings. The SMILES string of the molecule is CC(O)C(C)Sc1nc2c(c(NC3Cc4ccccc4C3)n1)CCCC2. The van der Waals surface area contributed by atoms with Crippen molar-refractivity contribution in [1.82, 2.24) is 9.97 Å². The van der Waals surface area contributed by atoms with Gasteiger partial charge in [-0.15, -0.1) is 0 Å². The number of anilines is 1. The fourth-order valence-corrected chi connectivity index (χ4v) is 4.70. The monoisotopic (exact) mass is 369 g/mol. The Balaban J connectivity index is 1.58. The van der Waals surface area contributed by atoms with Crippen LogP contribution in [0.3, 0.4) is 0 Å². The topological polar surface area (TPSA) is 58.0 Å². The van der Waals surface area contributed by atoms with Gasteiger partial charge >= 0.3 is 0 Å². The number of benzene rings is 1. The third-order valence-electron chi connectivity index (χ3n) is 5.53. The quantitative estimate of drug-likeness (QED) is 0.620. The zero-order chi connectivity index (χ0) is 18.1. The van der Waals surface area contributed by atoms with Crippen molar-refractivity contribution < 1.29 is 5.11 Å². The van der Waals surface area contributed by atoms with E-state index >= 15 is 0 Å². The van der Waals surface area contributed by atoms with Crippen LogP contribution in [0.2, 0.25) is 0 Å². The van der Waals surface area contributed by atoms with Crippen molar-refractivity contribution >= 4 is 17.6 Å². The summed E-state index contributed by atoms with van der Waals surface area (Å²) in [4.78, 5) is 9.68. The smallest absolute Gasteiger partial charge is 0.190 e. The molecule has 0 amide bonds. The molecule has 0 aliphatic heterocycles. The lowest BCUT2D eigenvalue weighted by atomic mass is 9.96. The summed E-state index contributed by atoms with van der Waals surface area (Å²) in [5.41, 5.74) is 5.40. The molecule has 5 heteroatoms. The molecule has 138 valence electrons. The summed E-state index contributed by atoms with van der Waals surface area (Å²) >= 11 is 1.57. The number of thioether (sulfide) groups is 1. The van der Waals surface area contributed by atoms with Crippen LogP contribution >= 0.6 is 11.8 Å². The molecule has 4 rings (SSSR count). The molecule has 1 aromatic heterocycles. The zero-order valence-corrected chi connectivity index (χ0v) is 16.4. The first-order valence-electron chi connectivity index (χ1n) is 9.68. The van der Waals surface area contributed by atoms with Gasteiger partial charge in [0.15, 0.2) is 5.16 Å². The van der Waals surface area contributed by atoms with Gasteiger partial charge < -0.3 is 10.4 Å². The van der Waals surface area contributed by atoms with E-state index in [2.05, 4.69) is 29.6 Å². The normalized spacial score (nSPS) is 18.9. The molecule has 2 unspecified atom stereocenters. The van der Waals surface area contributed by atoms with Crippen molar-refractivity contribution in [3.63, 3.8) is 0 Å². The van der Waals surface area contributed by atoms with Crippen molar-refractivity contribution in [2.75, 3.05) is 5.32 Å². The van der Waals surface area contributed by atoms with E-state index in [9.17, 15) is 5.11 Å². The van der Waals surface area contributed by atoms with Crippen molar-refractivity contribution in [3.05, 3.63) is 46.6 Å². The van der Waals surface area contributed by atoms with E-state index in [4.69, 9.17) is 9.97 Å². The predicted octanol–water partition coefficient (Wildman–Crippen LogP) is 3.80. The molecule has 0 saturated heterocycles. The first-order chi connectivity index (χ1) is 12.6. The first kappa shape index (κ1) is 17.8. The highest BCUT2D eigenvalue weighted by molar-refractivity contribution is 7.99. The van der Waals surface area contributed by atoms with Crippen molar-refractivity contribution in [3.8, 4) is 0 Å².